The molecule has 0 bridgehead atoms. The fraction of sp³-hybridized carbons (Fsp3) is 0.300. The Labute approximate surface area is 121 Å². The van der Waals surface area contributed by atoms with Crippen LogP contribution in [0.4, 0.5) is 0 Å². The van der Waals surface area contributed by atoms with Crippen LogP contribution in [-0.4, -0.2) is 27.5 Å². The maximum absolute atomic E-state index is 10.9. The van der Waals surface area contributed by atoms with Crippen molar-refractivity contribution < 1.29 is 9.90 Å². The summed E-state index contributed by atoms with van der Waals surface area (Å²) < 4.78 is 1.87. The Kier molecular flexibility index (Phi) is 4.66. The van der Waals surface area contributed by atoms with Crippen molar-refractivity contribution in [3.05, 3.63) is 21.4 Å². The molecule has 2 aromatic rings. The van der Waals surface area contributed by atoms with Crippen LogP contribution in [0, 0.1) is 6.92 Å². The molecule has 0 aromatic carbocycles. The van der Waals surface area contributed by atoms with E-state index in [1.807, 2.05) is 13.2 Å². The summed E-state index contributed by atoms with van der Waals surface area (Å²) in [6, 6.07) is 1.74. The van der Waals surface area contributed by atoms with Gasteiger partial charge < -0.3 is 5.11 Å². The fourth-order valence-electron chi connectivity index (χ4n) is 1.25. The summed E-state index contributed by atoms with van der Waals surface area (Å²) in [6.07, 6.45) is 1.97. The number of thioether (sulfide) groups is 2. The summed E-state index contributed by atoms with van der Waals surface area (Å²) in [6.45, 7) is 1.94. The predicted molar refractivity (Wildman–Crippen MR) is 77.3 cm³/mol. The van der Waals surface area contributed by atoms with Gasteiger partial charge in [0.25, 0.3) is 0 Å². The third-order valence-electron chi connectivity index (χ3n) is 2.15. The van der Waals surface area contributed by atoms with Crippen molar-refractivity contribution in [2.75, 3.05) is 6.26 Å². The number of nitrogens with zero attached hydrogens (tertiary/aromatic N) is 2. The van der Waals surface area contributed by atoms with Crippen molar-refractivity contribution in [1.82, 2.24) is 10.2 Å². The zero-order valence-corrected chi connectivity index (χ0v) is 12.9. The normalized spacial score (nSPS) is 10.8. The first-order valence-electron chi connectivity index (χ1n) is 4.93. The van der Waals surface area contributed by atoms with Crippen LogP contribution >= 0.6 is 46.2 Å². The van der Waals surface area contributed by atoms with E-state index < -0.39 is 5.97 Å². The summed E-state index contributed by atoms with van der Waals surface area (Å²) in [4.78, 5) is 12.3. The number of rotatable bonds is 5. The minimum absolute atomic E-state index is 0.394. The third kappa shape index (κ3) is 3.25. The molecule has 1 N–H and O–H groups in total. The lowest BCUT2D eigenvalue weighted by Crippen LogP contribution is -1.90. The molecule has 4 nitrogen and oxygen atoms in total. The Hall–Kier alpha value is -0.570. The van der Waals surface area contributed by atoms with E-state index in [2.05, 4.69) is 10.2 Å². The lowest BCUT2D eigenvalue weighted by molar-refractivity contribution is 0.0702. The van der Waals surface area contributed by atoms with Gasteiger partial charge in [-0.25, -0.2) is 4.79 Å². The number of carboxylic acid groups (broad SMARTS) is 1. The molecular weight excluding hydrogens is 308 g/mol. The summed E-state index contributed by atoms with van der Waals surface area (Å²) >= 11 is 6.05. The molecule has 0 saturated heterocycles. The minimum Gasteiger partial charge on any atom is -0.477 e. The molecule has 96 valence electrons. The molecule has 0 aliphatic rings. The number of aromatic nitrogens is 2. The van der Waals surface area contributed by atoms with Gasteiger partial charge in [0.2, 0.25) is 0 Å². The molecule has 0 saturated carbocycles. The van der Waals surface area contributed by atoms with Crippen molar-refractivity contribution in [3.63, 3.8) is 0 Å². The number of hydrogen-bond donors (Lipinski definition) is 1. The Balaban J connectivity index is 2.03. The SMILES string of the molecule is CSc1nnc(SCc2cc(C(=O)O)sc2C)s1. The Bertz CT molecular complexity index is 564. The van der Waals surface area contributed by atoms with Gasteiger partial charge >= 0.3 is 5.97 Å². The molecule has 0 atom stereocenters. The molecule has 2 rings (SSSR count). The predicted octanol–water partition coefficient (Wildman–Crippen LogP) is 3.62. The molecule has 0 amide bonds. The van der Waals surface area contributed by atoms with E-state index in [0.717, 1.165) is 24.9 Å². The average Bonchev–Trinajstić information content (AvgIpc) is 2.93. The standard InChI is InChI=1S/C10H10N2O2S4/c1-5-6(3-7(17-5)8(13)14)4-16-10-12-11-9(15-2)18-10/h3H,4H2,1-2H3,(H,13,14). The van der Waals surface area contributed by atoms with Gasteiger partial charge in [0.05, 0.1) is 0 Å². The molecule has 0 radical (unpaired) electrons. The van der Waals surface area contributed by atoms with E-state index >= 15 is 0 Å². The molecule has 8 heteroatoms. The number of carboxylic acids is 1. The quantitative estimate of drug-likeness (QED) is 0.850. The van der Waals surface area contributed by atoms with E-state index in [9.17, 15) is 4.79 Å². The molecule has 2 aromatic heterocycles. The minimum atomic E-state index is -0.861. The number of carbonyl (C=O) groups is 1. The highest BCUT2D eigenvalue weighted by Gasteiger charge is 2.12. The van der Waals surface area contributed by atoms with Gasteiger partial charge in [0.15, 0.2) is 8.68 Å². The summed E-state index contributed by atoms with van der Waals surface area (Å²) in [7, 11) is 0. The number of thiophene rings is 1. The van der Waals surface area contributed by atoms with Crippen LogP contribution in [0.2, 0.25) is 0 Å². The molecule has 0 unspecified atom stereocenters. The topological polar surface area (TPSA) is 63.1 Å². The van der Waals surface area contributed by atoms with Gasteiger partial charge in [-0.3, -0.25) is 0 Å². The summed E-state index contributed by atoms with van der Waals surface area (Å²) in [5.74, 6) is -0.126. The van der Waals surface area contributed by atoms with Crippen molar-refractivity contribution >= 4 is 52.2 Å². The molecule has 2 heterocycles. The Morgan fingerprint density at radius 3 is 2.67 bits per heavy atom. The van der Waals surface area contributed by atoms with Gasteiger partial charge in [0.1, 0.15) is 4.88 Å². The van der Waals surface area contributed by atoms with Gasteiger partial charge in [-0.1, -0.05) is 34.9 Å². The van der Waals surface area contributed by atoms with E-state index in [0.29, 0.717) is 4.88 Å². The zero-order chi connectivity index (χ0) is 13.1. The lowest BCUT2D eigenvalue weighted by Gasteiger charge is -1.95. The molecule has 18 heavy (non-hydrogen) atoms. The maximum atomic E-state index is 10.9. The Morgan fingerprint density at radius 1 is 1.39 bits per heavy atom. The van der Waals surface area contributed by atoms with Crippen LogP contribution in [0.3, 0.4) is 0 Å². The maximum Gasteiger partial charge on any atom is 0.345 e. The second-order valence-corrected chi connectivity index (χ2v) is 7.83. The smallest absolute Gasteiger partial charge is 0.345 e. The lowest BCUT2D eigenvalue weighted by atomic mass is 10.3. The van der Waals surface area contributed by atoms with E-state index in [1.165, 1.54) is 11.3 Å². The van der Waals surface area contributed by atoms with Crippen LogP contribution < -0.4 is 0 Å². The van der Waals surface area contributed by atoms with Crippen molar-refractivity contribution in [3.8, 4) is 0 Å². The number of hydrogen-bond acceptors (Lipinski definition) is 7. The molecule has 0 aliphatic heterocycles. The molecule has 0 spiro atoms. The van der Waals surface area contributed by atoms with Gasteiger partial charge in [-0.2, -0.15) is 0 Å². The average molecular weight is 318 g/mol. The highest BCUT2D eigenvalue weighted by Crippen LogP contribution is 2.32. The van der Waals surface area contributed by atoms with Gasteiger partial charge in [-0.15, -0.1) is 21.5 Å². The Morgan fingerprint density at radius 2 is 2.11 bits per heavy atom. The van der Waals surface area contributed by atoms with Crippen LogP contribution in [0.25, 0.3) is 0 Å². The van der Waals surface area contributed by atoms with Crippen molar-refractivity contribution in [1.29, 1.82) is 0 Å². The summed E-state index contributed by atoms with van der Waals surface area (Å²) in [5.41, 5.74) is 1.06. The molecule has 0 aliphatic carbocycles. The van der Waals surface area contributed by atoms with Gasteiger partial charge in [0, 0.05) is 10.6 Å². The highest BCUT2D eigenvalue weighted by molar-refractivity contribution is 8.02. The highest BCUT2D eigenvalue weighted by atomic mass is 32.2. The van der Waals surface area contributed by atoms with Crippen molar-refractivity contribution in [2.45, 2.75) is 21.4 Å². The number of aryl methyl sites for hydroxylation is 1. The summed E-state index contributed by atoms with van der Waals surface area (Å²) in [5, 5.41) is 17.0. The third-order valence-corrected chi connectivity index (χ3v) is 6.31. The van der Waals surface area contributed by atoms with Gasteiger partial charge in [-0.05, 0) is 24.8 Å². The first kappa shape index (κ1) is 13.9. The zero-order valence-electron chi connectivity index (χ0n) is 9.67. The first-order chi connectivity index (χ1) is 8.60. The molecular formula is C10H10N2O2S4. The van der Waals surface area contributed by atoms with E-state index in [1.54, 1.807) is 40.9 Å². The van der Waals surface area contributed by atoms with Crippen LogP contribution in [-0.2, 0) is 5.75 Å². The molecule has 0 fully saturated rings. The van der Waals surface area contributed by atoms with E-state index in [4.69, 9.17) is 5.11 Å². The van der Waals surface area contributed by atoms with Crippen LogP contribution in [0.1, 0.15) is 20.1 Å². The van der Waals surface area contributed by atoms with Crippen LogP contribution in [0.5, 0.6) is 0 Å². The fourth-order valence-corrected chi connectivity index (χ4v) is 4.71. The van der Waals surface area contributed by atoms with E-state index in [-0.39, 0.29) is 0 Å². The number of aromatic carboxylic acids is 1. The second-order valence-electron chi connectivity index (χ2n) is 3.32. The second kappa shape index (κ2) is 6.05. The van der Waals surface area contributed by atoms with Crippen molar-refractivity contribution in [2.24, 2.45) is 0 Å². The first-order valence-corrected chi connectivity index (χ1v) is 8.77. The monoisotopic (exact) mass is 318 g/mol. The van der Waals surface area contributed by atoms with Crippen LogP contribution in [0.15, 0.2) is 14.7 Å². The largest absolute Gasteiger partial charge is 0.477 e.